The van der Waals surface area contributed by atoms with Crippen molar-refractivity contribution in [3.8, 4) is 11.1 Å². The Morgan fingerprint density at radius 3 is 2.46 bits per heavy atom. The predicted molar refractivity (Wildman–Crippen MR) is 204 cm³/mol. The number of nitrogens with zero attached hydrogens (tertiary/aromatic N) is 3. The van der Waals surface area contributed by atoms with Gasteiger partial charge in [-0.1, -0.05) is 24.3 Å². The number of nitrogens with one attached hydrogen (secondary N) is 3. The first-order valence-corrected chi connectivity index (χ1v) is 18.6. The fourth-order valence-corrected chi connectivity index (χ4v) is 7.39. The summed E-state index contributed by atoms with van der Waals surface area (Å²) in [5.41, 5.74) is 4.42. The Bertz CT molecular complexity index is 1770. The highest BCUT2D eigenvalue weighted by Gasteiger charge is 2.31. The molecule has 3 heterocycles. The highest BCUT2D eigenvalue weighted by molar-refractivity contribution is 6.09. The Hall–Kier alpha value is -4.77. The topological polar surface area (TPSA) is 133 Å². The van der Waals surface area contributed by atoms with Crippen molar-refractivity contribution < 1.29 is 23.9 Å². The van der Waals surface area contributed by atoms with Crippen LogP contribution in [-0.4, -0.2) is 85.4 Å². The molecule has 1 aliphatic carbocycles. The van der Waals surface area contributed by atoms with E-state index >= 15 is 0 Å². The maximum Gasteiger partial charge on any atom is 0.407 e. The Labute approximate surface area is 306 Å². The molecule has 11 nitrogen and oxygen atoms in total. The highest BCUT2D eigenvalue weighted by atomic mass is 16.6. The van der Waals surface area contributed by atoms with Gasteiger partial charge in [0.15, 0.2) is 5.78 Å². The zero-order valence-electron chi connectivity index (χ0n) is 30.9. The third-order valence-corrected chi connectivity index (χ3v) is 10.4. The van der Waals surface area contributed by atoms with Crippen LogP contribution in [0.1, 0.15) is 68.8 Å². The third-order valence-electron chi connectivity index (χ3n) is 10.4. The number of Topliss-reactive ketones (excluding diaryl/α,β-unsaturated/α-hetero) is 2. The highest BCUT2D eigenvalue weighted by Crippen LogP contribution is 2.33. The van der Waals surface area contributed by atoms with Crippen molar-refractivity contribution in [3.05, 3.63) is 71.9 Å². The molecule has 1 aromatic heterocycles. The molecule has 1 saturated carbocycles. The number of ketones is 2. The second-order valence-corrected chi connectivity index (χ2v) is 15.6. The van der Waals surface area contributed by atoms with Gasteiger partial charge >= 0.3 is 6.09 Å². The molecule has 1 saturated heterocycles. The summed E-state index contributed by atoms with van der Waals surface area (Å²) in [5.74, 6) is 0.427. The van der Waals surface area contributed by atoms with E-state index in [1.807, 2.05) is 45.2 Å². The average Bonchev–Trinajstić information content (AvgIpc) is 3.49. The lowest BCUT2D eigenvalue weighted by atomic mass is 9.77. The number of ether oxygens (including phenoxy) is 1. The third kappa shape index (κ3) is 9.76. The minimum Gasteiger partial charge on any atom is -0.444 e. The first-order valence-electron chi connectivity index (χ1n) is 18.6. The number of likely N-dealkylation sites (N-methyl/N-ethyl adjacent to an activating group) is 1. The fraction of sp³-hybridized carbons (Fsp3) is 0.488. The Morgan fingerprint density at radius 1 is 0.962 bits per heavy atom. The number of hydrogen-bond donors (Lipinski definition) is 3. The Kier molecular flexibility index (Phi) is 11.6. The molecule has 3 aromatic rings. The van der Waals surface area contributed by atoms with Crippen molar-refractivity contribution in [2.75, 3.05) is 61.8 Å². The average molecular weight is 709 g/mol. The second kappa shape index (κ2) is 16.3. The van der Waals surface area contributed by atoms with Gasteiger partial charge in [0, 0.05) is 74.1 Å². The number of fused-ring (bicyclic) bond motifs is 1. The van der Waals surface area contributed by atoms with E-state index in [0.29, 0.717) is 29.9 Å². The number of pyridine rings is 1. The van der Waals surface area contributed by atoms with Gasteiger partial charge in [0.05, 0.1) is 6.54 Å². The van der Waals surface area contributed by atoms with Crippen LogP contribution in [0.25, 0.3) is 11.1 Å². The number of amides is 2. The van der Waals surface area contributed by atoms with Gasteiger partial charge in [-0.25, -0.2) is 9.78 Å². The van der Waals surface area contributed by atoms with Crippen molar-refractivity contribution in [3.63, 3.8) is 0 Å². The van der Waals surface area contributed by atoms with Gasteiger partial charge < -0.3 is 30.5 Å². The predicted octanol–water partition coefficient (Wildman–Crippen LogP) is 6.20. The van der Waals surface area contributed by atoms with Gasteiger partial charge in [-0.2, -0.15) is 0 Å². The number of aromatic nitrogens is 1. The standard InChI is InChI=1S/C41H52N6O5/c1-41(2,3)52-40(51)44-25-27-8-10-29(11-9-27)36(48)22-32(39(50)45-33-12-13-34-35(24-33)43-26-37(34)49)21-28-6-5-7-30(20-28)31-14-15-42-38(23-31)47-18-16-46(4)17-19-47/h5-7,12-15,20,23-24,27,29,32,43H,8-11,16-19,21-22,25-26H2,1-4H3,(H,44,51)(H,45,50)/t27?,29?,32-/m1/s1. The van der Waals surface area contributed by atoms with E-state index < -0.39 is 17.6 Å². The number of piperazine rings is 1. The first-order chi connectivity index (χ1) is 24.9. The molecule has 3 aliphatic rings. The van der Waals surface area contributed by atoms with Crippen LogP contribution >= 0.6 is 0 Å². The van der Waals surface area contributed by atoms with E-state index in [-0.39, 0.29) is 42.3 Å². The molecule has 0 bridgehead atoms. The van der Waals surface area contributed by atoms with E-state index in [1.165, 1.54) is 0 Å². The molecule has 0 unspecified atom stereocenters. The van der Waals surface area contributed by atoms with Crippen LogP contribution in [0, 0.1) is 17.8 Å². The number of carbonyl (C=O) groups excluding carboxylic acids is 4. The second-order valence-electron chi connectivity index (χ2n) is 15.6. The van der Waals surface area contributed by atoms with Crippen LogP contribution in [0.4, 0.5) is 22.0 Å². The van der Waals surface area contributed by atoms with Crippen LogP contribution < -0.4 is 20.9 Å². The lowest BCUT2D eigenvalue weighted by Crippen LogP contribution is -2.44. The molecule has 6 rings (SSSR count). The van der Waals surface area contributed by atoms with Crippen LogP contribution in [0.3, 0.4) is 0 Å². The molecule has 0 spiro atoms. The summed E-state index contributed by atoms with van der Waals surface area (Å²) in [5, 5.41) is 9.01. The Morgan fingerprint density at radius 2 is 1.71 bits per heavy atom. The quantitative estimate of drug-likeness (QED) is 0.213. The van der Waals surface area contributed by atoms with Gasteiger partial charge in [0.1, 0.15) is 17.2 Å². The smallest absolute Gasteiger partial charge is 0.407 e. The molecule has 3 N–H and O–H groups in total. The summed E-state index contributed by atoms with van der Waals surface area (Å²) in [4.78, 5) is 61.4. The molecule has 2 amide bonds. The lowest BCUT2D eigenvalue weighted by molar-refractivity contribution is -0.129. The summed E-state index contributed by atoms with van der Waals surface area (Å²) in [7, 11) is 2.14. The molecule has 52 heavy (non-hydrogen) atoms. The maximum absolute atomic E-state index is 14.0. The van der Waals surface area contributed by atoms with Crippen molar-refractivity contribution in [1.82, 2.24) is 15.2 Å². The summed E-state index contributed by atoms with van der Waals surface area (Å²) in [6, 6.07) is 17.6. The summed E-state index contributed by atoms with van der Waals surface area (Å²) < 4.78 is 5.37. The maximum atomic E-state index is 14.0. The number of benzene rings is 2. The molecule has 2 fully saturated rings. The molecule has 1 atom stereocenters. The molecule has 2 aliphatic heterocycles. The van der Waals surface area contributed by atoms with Gasteiger partial charge in [-0.05, 0) is 113 Å². The van der Waals surface area contributed by atoms with Crippen molar-refractivity contribution in [2.24, 2.45) is 17.8 Å². The molecule has 276 valence electrons. The lowest BCUT2D eigenvalue weighted by Gasteiger charge is -2.33. The minimum atomic E-state index is -0.588. The largest absolute Gasteiger partial charge is 0.444 e. The van der Waals surface area contributed by atoms with E-state index in [1.54, 1.807) is 18.2 Å². The van der Waals surface area contributed by atoms with Gasteiger partial charge in [0.25, 0.3) is 0 Å². The molecular formula is C41H52N6O5. The van der Waals surface area contributed by atoms with Crippen LogP contribution in [0.2, 0.25) is 0 Å². The fourth-order valence-electron chi connectivity index (χ4n) is 7.39. The zero-order valence-corrected chi connectivity index (χ0v) is 30.9. The zero-order chi connectivity index (χ0) is 36.8. The van der Waals surface area contributed by atoms with E-state index in [0.717, 1.165) is 74.4 Å². The van der Waals surface area contributed by atoms with Crippen molar-refractivity contribution in [2.45, 2.75) is 64.9 Å². The molecule has 0 radical (unpaired) electrons. The SMILES string of the molecule is CN1CCN(c2cc(-c3cccc(C[C@H](CC(=O)C4CCC(CNC(=O)OC(C)(C)C)CC4)C(=O)Nc4ccc5c(c4)NCC5=O)c3)ccn2)CC1. The van der Waals surface area contributed by atoms with E-state index in [2.05, 4.69) is 56.0 Å². The van der Waals surface area contributed by atoms with E-state index in [9.17, 15) is 19.2 Å². The van der Waals surface area contributed by atoms with Gasteiger partial charge in [0.2, 0.25) is 5.91 Å². The monoisotopic (exact) mass is 708 g/mol. The van der Waals surface area contributed by atoms with Crippen LogP contribution in [-0.2, 0) is 20.7 Å². The Balaban J connectivity index is 1.14. The van der Waals surface area contributed by atoms with Crippen LogP contribution in [0.15, 0.2) is 60.8 Å². The van der Waals surface area contributed by atoms with Crippen molar-refractivity contribution >= 4 is 40.8 Å². The van der Waals surface area contributed by atoms with Crippen molar-refractivity contribution in [1.29, 1.82) is 0 Å². The first kappa shape index (κ1) is 37.0. The molecule has 11 heteroatoms. The number of rotatable bonds is 11. The molecular weight excluding hydrogens is 656 g/mol. The van der Waals surface area contributed by atoms with E-state index in [4.69, 9.17) is 4.74 Å². The normalized spacial score (nSPS) is 19.7. The number of alkyl carbamates (subject to hydrolysis) is 1. The number of anilines is 3. The van der Waals surface area contributed by atoms with Gasteiger partial charge in [-0.15, -0.1) is 0 Å². The van der Waals surface area contributed by atoms with Gasteiger partial charge in [-0.3, -0.25) is 14.4 Å². The van der Waals surface area contributed by atoms with Crippen LogP contribution in [0.5, 0.6) is 0 Å². The number of carbonyl (C=O) groups is 4. The summed E-state index contributed by atoms with van der Waals surface area (Å²) in [6.45, 7) is 10.1. The minimum absolute atomic E-state index is 0.0245. The summed E-state index contributed by atoms with van der Waals surface area (Å²) >= 11 is 0. The number of hydrogen-bond acceptors (Lipinski definition) is 9. The molecule has 2 aromatic carbocycles. The summed E-state index contributed by atoms with van der Waals surface area (Å²) in [6.07, 6.45) is 5.07.